The summed E-state index contributed by atoms with van der Waals surface area (Å²) in [5.41, 5.74) is 4.53. The Balaban J connectivity index is 1.48. The third-order valence-electron chi connectivity index (χ3n) is 5.65. The summed E-state index contributed by atoms with van der Waals surface area (Å²) >= 11 is 6.29. The number of nitrogens with zero attached hydrogens (tertiary/aromatic N) is 3. The molecule has 1 aliphatic rings. The minimum absolute atomic E-state index is 0.00605. The molecule has 198 valence electrons. The lowest BCUT2D eigenvalue weighted by atomic mass is 9.98. The fraction of sp³-hybridized carbons (Fsp3) is 0.348. The van der Waals surface area contributed by atoms with Gasteiger partial charge in [-0.1, -0.05) is 23.7 Å². The maximum absolute atomic E-state index is 13.9. The maximum atomic E-state index is 13.9. The topological polar surface area (TPSA) is 91.9 Å². The summed E-state index contributed by atoms with van der Waals surface area (Å²) in [7, 11) is 0. The zero-order valence-corrected chi connectivity index (χ0v) is 19.9. The molecule has 4 N–H and O–H groups in total. The molecule has 0 amide bonds. The van der Waals surface area contributed by atoms with Crippen molar-refractivity contribution in [1.29, 1.82) is 0 Å². The second-order valence-electron chi connectivity index (χ2n) is 8.42. The van der Waals surface area contributed by atoms with Crippen molar-refractivity contribution in [3.63, 3.8) is 0 Å². The standard InChI is InChI=1S/C23H22ClF6N6O/c24-18-12-14(32-21-33-20(31)34-35-21)11-17(23(28,29)30)19(18)13-1-3-15(4-2-13)37-16-5-8-36(9-6-16)10-7-22(25,26)27/h1-4,8,11-12,16H,5-7,9-10H2,(H4,31,32,33,34,35)/q+1. The highest BCUT2D eigenvalue weighted by molar-refractivity contribution is 6.34. The summed E-state index contributed by atoms with van der Waals surface area (Å²) < 4.78 is 86.5. The second-order valence-corrected chi connectivity index (χ2v) is 8.83. The molecule has 0 bridgehead atoms. The van der Waals surface area contributed by atoms with E-state index in [1.165, 1.54) is 30.3 Å². The molecular weight excluding hydrogens is 526 g/mol. The number of alkyl halides is 6. The van der Waals surface area contributed by atoms with E-state index in [-0.39, 0.29) is 46.4 Å². The van der Waals surface area contributed by atoms with E-state index in [1.54, 1.807) is 10.8 Å². The van der Waals surface area contributed by atoms with Crippen molar-refractivity contribution in [2.75, 3.05) is 24.1 Å². The van der Waals surface area contributed by atoms with E-state index >= 15 is 0 Å². The number of nitrogens with two attached hydrogens (primary N) is 1. The van der Waals surface area contributed by atoms with Crippen LogP contribution in [-0.2, 0) is 6.18 Å². The van der Waals surface area contributed by atoms with E-state index in [0.29, 0.717) is 25.1 Å². The van der Waals surface area contributed by atoms with Gasteiger partial charge in [-0.25, -0.2) is 9.67 Å². The molecule has 0 saturated carbocycles. The van der Waals surface area contributed by atoms with E-state index in [9.17, 15) is 26.3 Å². The summed E-state index contributed by atoms with van der Waals surface area (Å²) in [5, 5.41) is 8.59. The number of aromatic nitrogens is 3. The predicted octanol–water partition coefficient (Wildman–Crippen LogP) is 6.05. The molecule has 1 atom stereocenters. The van der Waals surface area contributed by atoms with Crippen molar-refractivity contribution in [3.05, 3.63) is 47.0 Å². The van der Waals surface area contributed by atoms with Crippen LogP contribution < -0.4 is 15.8 Å². The van der Waals surface area contributed by atoms with Crippen LogP contribution >= 0.6 is 11.6 Å². The lowest BCUT2D eigenvalue weighted by Gasteiger charge is -2.21. The predicted molar refractivity (Wildman–Crippen MR) is 126 cm³/mol. The second kappa shape index (κ2) is 10.5. The van der Waals surface area contributed by atoms with Gasteiger partial charge >= 0.3 is 12.4 Å². The number of nitrogens with one attached hydrogen (secondary N) is 2. The Labute approximate surface area is 212 Å². The van der Waals surface area contributed by atoms with Gasteiger partial charge in [-0.3, -0.25) is 0 Å². The van der Waals surface area contributed by atoms with Crippen molar-refractivity contribution in [1.82, 2.24) is 15.2 Å². The molecule has 0 saturated heterocycles. The fourth-order valence-corrected chi connectivity index (χ4v) is 4.24. The molecule has 2 aromatic carbocycles. The van der Waals surface area contributed by atoms with Crippen LogP contribution in [-0.4, -0.2) is 51.3 Å². The summed E-state index contributed by atoms with van der Waals surface area (Å²) in [6, 6.07) is 8.23. The average Bonchev–Trinajstić information content (AvgIpc) is 3.22. The van der Waals surface area contributed by atoms with Crippen molar-refractivity contribution in [2.24, 2.45) is 0 Å². The van der Waals surface area contributed by atoms with Crippen LogP contribution in [0.2, 0.25) is 5.02 Å². The molecule has 3 aromatic rings. The van der Waals surface area contributed by atoms with Gasteiger partial charge in [0.1, 0.15) is 31.0 Å². The normalized spacial score (nSPS) is 16.4. The molecule has 0 spiro atoms. The van der Waals surface area contributed by atoms with Crippen LogP contribution in [0.1, 0.15) is 24.8 Å². The minimum Gasteiger partial charge on any atom is -0.490 e. The molecule has 14 heteroatoms. The third-order valence-corrected chi connectivity index (χ3v) is 5.95. The Morgan fingerprint density at radius 2 is 1.86 bits per heavy atom. The molecule has 1 unspecified atom stereocenters. The van der Waals surface area contributed by atoms with Crippen LogP contribution in [0, 0.1) is 0 Å². The third kappa shape index (κ3) is 7.06. The largest absolute Gasteiger partial charge is 0.490 e. The highest BCUT2D eigenvalue weighted by Gasteiger charge is 2.36. The van der Waals surface area contributed by atoms with Crippen LogP contribution in [0.5, 0.6) is 5.75 Å². The lowest BCUT2D eigenvalue weighted by Crippen LogP contribution is -2.32. The van der Waals surface area contributed by atoms with Crippen molar-refractivity contribution >= 4 is 35.4 Å². The first-order chi connectivity index (χ1) is 17.4. The number of rotatable bonds is 7. The zero-order valence-electron chi connectivity index (χ0n) is 19.1. The highest BCUT2D eigenvalue weighted by atomic mass is 35.5. The molecule has 2 heterocycles. The minimum atomic E-state index is -4.71. The van der Waals surface area contributed by atoms with E-state index in [4.69, 9.17) is 22.1 Å². The van der Waals surface area contributed by atoms with Gasteiger partial charge in [0.15, 0.2) is 6.54 Å². The molecule has 0 fully saturated rings. The summed E-state index contributed by atoms with van der Waals surface area (Å²) in [5.74, 6) is 0.406. The van der Waals surface area contributed by atoms with Gasteiger partial charge in [0.2, 0.25) is 11.9 Å². The number of nitrogen functional groups attached to an aromatic ring is 1. The molecule has 1 aromatic heterocycles. The molecule has 0 aliphatic carbocycles. The van der Waals surface area contributed by atoms with Crippen molar-refractivity contribution < 1.29 is 35.7 Å². The number of halogens is 7. The van der Waals surface area contributed by atoms with E-state index < -0.39 is 24.3 Å². The number of hydrogen-bond acceptors (Lipinski definition) is 5. The van der Waals surface area contributed by atoms with Gasteiger partial charge in [-0.2, -0.15) is 31.3 Å². The van der Waals surface area contributed by atoms with Gasteiger partial charge in [-0.15, -0.1) is 5.10 Å². The van der Waals surface area contributed by atoms with Crippen LogP contribution in [0.4, 0.5) is 43.9 Å². The maximum Gasteiger partial charge on any atom is 0.417 e. The summed E-state index contributed by atoms with van der Waals surface area (Å²) in [4.78, 5) is 3.80. The first-order valence-corrected chi connectivity index (χ1v) is 11.5. The first-order valence-electron chi connectivity index (χ1n) is 11.1. The number of hydrogen-bond donors (Lipinski definition) is 3. The first kappa shape index (κ1) is 26.6. The Hall–Kier alpha value is -3.48. The molecule has 1 aliphatic heterocycles. The molecular formula is C23H22ClF6N6O+. The number of benzene rings is 2. The number of H-pyrrole nitrogens is 1. The van der Waals surface area contributed by atoms with Crippen LogP contribution in [0.25, 0.3) is 11.1 Å². The average molecular weight is 548 g/mol. The van der Waals surface area contributed by atoms with Gasteiger partial charge in [0, 0.05) is 17.7 Å². The van der Waals surface area contributed by atoms with Gasteiger partial charge in [-0.05, 0) is 29.8 Å². The Kier molecular flexibility index (Phi) is 7.53. The van der Waals surface area contributed by atoms with Crippen molar-refractivity contribution in [2.45, 2.75) is 37.7 Å². The van der Waals surface area contributed by atoms with E-state index in [2.05, 4.69) is 20.5 Å². The molecule has 0 radical (unpaired) electrons. The van der Waals surface area contributed by atoms with Crippen LogP contribution in [0.3, 0.4) is 0 Å². The van der Waals surface area contributed by atoms with Gasteiger partial charge < -0.3 is 15.8 Å². The Morgan fingerprint density at radius 3 is 2.43 bits per heavy atom. The van der Waals surface area contributed by atoms with Crippen molar-refractivity contribution in [3.8, 4) is 16.9 Å². The van der Waals surface area contributed by atoms with Gasteiger partial charge in [0.05, 0.1) is 17.0 Å². The Bertz CT molecular complexity index is 1270. The Morgan fingerprint density at radius 1 is 1.14 bits per heavy atom. The lowest BCUT2D eigenvalue weighted by molar-refractivity contribution is -0.535. The zero-order chi connectivity index (χ0) is 26.8. The number of anilines is 3. The van der Waals surface area contributed by atoms with E-state index in [0.717, 1.165) is 6.07 Å². The molecule has 4 rings (SSSR count). The molecule has 37 heavy (non-hydrogen) atoms. The summed E-state index contributed by atoms with van der Waals surface area (Å²) in [6.07, 6.45) is -7.42. The number of aromatic amines is 1. The highest BCUT2D eigenvalue weighted by Crippen LogP contribution is 2.43. The summed E-state index contributed by atoms with van der Waals surface area (Å²) in [6.45, 7) is 0.317. The SMILES string of the molecule is Nc1nc(Nc2cc(Cl)c(-c3ccc(OC4CC=[N+](CCC(F)(F)F)CC4)cc3)c(C(F)(F)F)c2)n[nH]1. The smallest absolute Gasteiger partial charge is 0.417 e. The number of ether oxygens (including phenoxy) is 1. The monoisotopic (exact) mass is 547 g/mol. The van der Waals surface area contributed by atoms with Crippen LogP contribution in [0.15, 0.2) is 36.4 Å². The fourth-order valence-electron chi connectivity index (χ4n) is 3.91. The van der Waals surface area contributed by atoms with E-state index in [1.807, 2.05) is 0 Å². The quantitative estimate of drug-likeness (QED) is 0.247. The molecule has 7 nitrogen and oxygen atoms in total. The van der Waals surface area contributed by atoms with Gasteiger partial charge in [0.25, 0.3) is 0 Å².